The van der Waals surface area contributed by atoms with Crippen molar-refractivity contribution in [2.24, 2.45) is 11.5 Å². The van der Waals surface area contributed by atoms with E-state index in [4.69, 9.17) is 16.9 Å². The number of hydrogen-bond acceptors (Lipinski definition) is 2. The molecule has 74 valence electrons. The third-order valence-electron chi connectivity index (χ3n) is 1.43. The maximum Gasteiger partial charge on any atom is 0.316 e. The van der Waals surface area contributed by atoms with E-state index in [0.29, 0.717) is 11.4 Å². The number of amides is 2. The van der Waals surface area contributed by atoms with Crippen LogP contribution >= 0.6 is 0 Å². The summed E-state index contributed by atoms with van der Waals surface area (Å²) in [6.07, 6.45) is 0. The summed E-state index contributed by atoms with van der Waals surface area (Å²) in [5, 5.41) is 12.0. The molecule has 0 radical (unpaired) electrons. The summed E-state index contributed by atoms with van der Waals surface area (Å²) in [6.45, 7) is 0. The zero-order chi connectivity index (χ0) is 10.6. The van der Waals surface area contributed by atoms with Crippen molar-refractivity contribution >= 4 is 23.4 Å². The molecule has 0 unspecified atom stereocenters. The van der Waals surface area contributed by atoms with Gasteiger partial charge in [-0.25, -0.2) is 4.79 Å². The Morgan fingerprint density at radius 2 is 1.50 bits per heavy atom. The van der Waals surface area contributed by atoms with Gasteiger partial charge in [-0.1, -0.05) is 0 Å². The van der Waals surface area contributed by atoms with E-state index in [-0.39, 0.29) is 5.96 Å². The van der Waals surface area contributed by atoms with Gasteiger partial charge >= 0.3 is 6.03 Å². The topological polar surface area (TPSA) is 117 Å². The molecule has 1 aromatic rings. The van der Waals surface area contributed by atoms with E-state index in [1.807, 2.05) is 0 Å². The molecule has 0 aliphatic rings. The first-order valence-electron chi connectivity index (χ1n) is 3.85. The molecule has 0 saturated carbocycles. The van der Waals surface area contributed by atoms with Gasteiger partial charge in [-0.2, -0.15) is 0 Å². The fourth-order valence-corrected chi connectivity index (χ4v) is 0.935. The van der Waals surface area contributed by atoms with Gasteiger partial charge < -0.3 is 22.1 Å². The standard InChI is InChI=1S/C8H11N5O/c9-7(10)12-5-1-3-6(4-2-5)13-8(11)14/h1-4H,(H4,9,10,12)(H3,11,13,14). The molecule has 0 aromatic heterocycles. The minimum Gasteiger partial charge on any atom is -0.370 e. The van der Waals surface area contributed by atoms with Crippen molar-refractivity contribution < 1.29 is 4.79 Å². The molecule has 6 heteroatoms. The molecule has 0 bridgehead atoms. The highest BCUT2D eigenvalue weighted by molar-refractivity contribution is 5.91. The average Bonchev–Trinajstić information content (AvgIpc) is 2.06. The van der Waals surface area contributed by atoms with E-state index in [1.165, 1.54) is 0 Å². The van der Waals surface area contributed by atoms with Crippen LogP contribution in [0.5, 0.6) is 0 Å². The van der Waals surface area contributed by atoms with Crippen molar-refractivity contribution in [3.05, 3.63) is 24.3 Å². The largest absolute Gasteiger partial charge is 0.370 e. The number of nitrogens with one attached hydrogen (secondary N) is 3. The van der Waals surface area contributed by atoms with Crippen LogP contribution in [0.2, 0.25) is 0 Å². The Labute approximate surface area is 80.8 Å². The number of hydrogen-bond donors (Lipinski definition) is 5. The fraction of sp³-hybridized carbons (Fsp3) is 0. The van der Waals surface area contributed by atoms with Crippen LogP contribution in [0.4, 0.5) is 16.2 Å². The van der Waals surface area contributed by atoms with Crippen LogP contribution in [-0.4, -0.2) is 12.0 Å². The Morgan fingerprint density at radius 3 is 1.86 bits per heavy atom. The van der Waals surface area contributed by atoms with E-state index in [1.54, 1.807) is 24.3 Å². The minimum atomic E-state index is -0.614. The molecule has 0 spiro atoms. The SMILES string of the molecule is N=C(N)Nc1ccc(NC(N)=O)cc1. The molecule has 1 aromatic carbocycles. The highest BCUT2D eigenvalue weighted by Gasteiger charge is 1.96. The van der Waals surface area contributed by atoms with Gasteiger partial charge in [0.2, 0.25) is 0 Å². The molecule has 7 N–H and O–H groups in total. The second-order valence-corrected chi connectivity index (χ2v) is 2.61. The quantitative estimate of drug-likeness (QED) is 0.347. The molecule has 0 atom stereocenters. The number of anilines is 2. The Bertz CT molecular complexity index is 310. The molecule has 0 aliphatic carbocycles. The lowest BCUT2D eigenvalue weighted by atomic mass is 10.3. The van der Waals surface area contributed by atoms with Gasteiger partial charge in [0, 0.05) is 11.4 Å². The van der Waals surface area contributed by atoms with E-state index >= 15 is 0 Å². The van der Waals surface area contributed by atoms with Crippen molar-refractivity contribution in [3.63, 3.8) is 0 Å². The van der Waals surface area contributed by atoms with Crippen molar-refractivity contribution in [3.8, 4) is 0 Å². The van der Waals surface area contributed by atoms with Crippen LogP contribution < -0.4 is 22.1 Å². The molecule has 6 nitrogen and oxygen atoms in total. The summed E-state index contributed by atoms with van der Waals surface area (Å²) >= 11 is 0. The highest BCUT2D eigenvalue weighted by atomic mass is 16.2. The summed E-state index contributed by atoms with van der Waals surface area (Å²) < 4.78 is 0. The van der Waals surface area contributed by atoms with Gasteiger partial charge in [-0.3, -0.25) is 5.41 Å². The second-order valence-electron chi connectivity index (χ2n) is 2.61. The monoisotopic (exact) mass is 193 g/mol. The first-order valence-corrected chi connectivity index (χ1v) is 3.85. The van der Waals surface area contributed by atoms with Crippen LogP contribution in [0.1, 0.15) is 0 Å². The first kappa shape index (κ1) is 9.85. The summed E-state index contributed by atoms with van der Waals surface area (Å²) in [5.74, 6) is -0.138. The minimum absolute atomic E-state index is 0.138. The zero-order valence-corrected chi connectivity index (χ0v) is 7.37. The van der Waals surface area contributed by atoms with Gasteiger partial charge in [0.05, 0.1) is 0 Å². The summed E-state index contributed by atoms with van der Waals surface area (Å²) in [5.41, 5.74) is 11.3. The molecule has 0 fully saturated rings. The van der Waals surface area contributed by atoms with Gasteiger partial charge in [-0.05, 0) is 24.3 Å². The Kier molecular flexibility index (Phi) is 2.90. The molecule has 0 heterocycles. The molecule has 1 rings (SSSR count). The van der Waals surface area contributed by atoms with Gasteiger partial charge in [0.25, 0.3) is 0 Å². The lowest BCUT2D eigenvalue weighted by Gasteiger charge is -2.05. The molecular weight excluding hydrogens is 182 g/mol. The van der Waals surface area contributed by atoms with Crippen LogP contribution in [0.15, 0.2) is 24.3 Å². The van der Waals surface area contributed by atoms with E-state index < -0.39 is 6.03 Å². The van der Waals surface area contributed by atoms with Gasteiger partial charge in [-0.15, -0.1) is 0 Å². The van der Waals surface area contributed by atoms with Crippen LogP contribution in [0, 0.1) is 5.41 Å². The van der Waals surface area contributed by atoms with E-state index in [0.717, 1.165) is 0 Å². The number of nitrogens with two attached hydrogens (primary N) is 2. The summed E-state index contributed by atoms with van der Waals surface area (Å²) in [6, 6.07) is 6.03. The number of carbonyl (C=O) groups is 1. The normalized spacial score (nSPS) is 9.14. The fourth-order valence-electron chi connectivity index (χ4n) is 0.935. The lowest BCUT2D eigenvalue weighted by molar-refractivity contribution is 0.259. The van der Waals surface area contributed by atoms with Crippen LogP contribution in [0.25, 0.3) is 0 Å². The Morgan fingerprint density at radius 1 is 1.07 bits per heavy atom. The zero-order valence-electron chi connectivity index (χ0n) is 7.37. The molecule has 0 saturated heterocycles. The predicted octanol–water partition coefficient (Wildman–Crippen LogP) is 0.483. The molecule has 0 aliphatic heterocycles. The maximum absolute atomic E-state index is 10.5. The maximum atomic E-state index is 10.5. The molecule has 14 heavy (non-hydrogen) atoms. The number of rotatable bonds is 2. The average molecular weight is 193 g/mol. The van der Waals surface area contributed by atoms with Crippen LogP contribution in [-0.2, 0) is 0 Å². The van der Waals surface area contributed by atoms with Crippen molar-refractivity contribution in [2.45, 2.75) is 0 Å². The number of benzene rings is 1. The predicted molar refractivity (Wildman–Crippen MR) is 55.2 cm³/mol. The van der Waals surface area contributed by atoms with Crippen molar-refractivity contribution in [2.75, 3.05) is 10.6 Å². The summed E-state index contributed by atoms with van der Waals surface area (Å²) in [7, 11) is 0. The lowest BCUT2D eigenvalue weighted by Crippen LogP contribution is -2.21. The van der Waals surface area contributed by atoms with Crippen molar-refractivity contribution in [1.29, 1.82) is 5.41 Å². The van der Waals surface area contributed by atoms with E-state index in [9.17, 15) is 4.79 Å². The van der Waals surface area contributed by atoms with Gasteiger partial charge in [0.1, 0.15) is 0 Å². The number of carbonyl (C=O) groups excluding carboxylic acids is 1. The number of urea groups is 1. The summed E-state index contributed by atoms with van der Waals surface area (Å²) in [4.78, 5) is 10.5. The number of guanidine groups is 1. The third-order valence-corrected chi connectivity index (χ3v) is 1.43. The third kappa shape index (κ3) is 3.02. The second kappa shape index (κ2) is 4.13. The van der Waals surface area contributed by atoms with Crippen molar-refractivity contribution in [1.82, 2.24) is 0 Å². The Balaban J connectivity index is 2.68. The Hall–Kier alpha value is -2.24. The number of primary amides is 1. The van der Waals surface area contributed by atoms with E-state index in [2.05, 4.69) is 10.6 Å². The first-order chi connectivity index (χ1) is 6.58. The van der Waals surface area contributed by atoms with Gasteiger partial charge in [0.15, 0.2) is 5.96 Å². The van der Waals surface area contributed by atoms with Crippen LogP contribution in [0.3, 0.4) is 0 Å². The molecular formula is C8H11N5O. The molecule has 2 amide bonds. The highest BCUT2D eigenvalue weighted by Crippen LogP contribution is 2.12. The smallest absolute Gasteiger partial charge is 0.316 e.